The van der Waals surface area contributed by atoms with Gasteiger partial charge in [-0.3, -0.25) is 0 Å². The Bertz CT molecular complexity index is 454. The average molecular weight is 266 g/mol. The van der Waals surface area contributed by atoms with Crippen LogP contribution in [0.15, 0.2) is 32.9 Å². The zero-order valence-corrected chi connectivity index (χ0v) is 9.27. The fraction of sp³-hybridized carbons (Fsp3) is 0. The van der Waals surface area contributed by atoms with Crippen molar-refractivity contribution >= 4 is 28.1 Å². The molecule has 4 N–H and O–H groups in total. The molecule has 0 atom stereocenters. The lowest BCUT2D eigenvalue weighted by Crippen LogP contribution is -2.21. The molecule has 0 fully saturated rings. The molecule has 0 saturated carbocycles. The summed E-state index contributed by atoms with van der Waals surface area (Å²) >= 11 is 3.26. The van der Waals surface area contributed by atoms with E-state index in [4.69, 9.17) is 16.7 Å². The zero-order valence-electron chi connectivity index (χ0n) is 7.68. The molecule has 0 spiro atoms. The zero-order chi connectivity index (χ0) is 11.3. The van der Waals surface area contributed by atoms with Crippen LogP contribution < -0.4 is 11.5 Å². The van der Waals surface area contributed by atoms with Gasteiger partial charge in [0.05, 0.1) is 11.8 Å². The molecule has 1 aromatic rings. The lowest BCUT2D eigenvalue weighted by atomic mass is 10.1. The van der Waals surface area contributed by atoms with Gasteiger partial charge in [0.15, 0.2) is 0 Å². The molecular formula is C9H8BrN5. The second-order valence-electron chi connectivity index (χ2n) is 2.59. The van der Waals surface area contributed by atoms with E-state index in [1.54, 1.807) is 18.2 Å². The van der Waals surface area contributed by atoms with E-state index >= 15 is 0 Å². The van der Waals surface area contributed by atoms with Crippen molar-refractivity contribution in [1.29, 1.82) is 5.26 Å². The van der Waals surface area contributed by atoms with Gasteiger partial charge in [0.25, 0.3) is 0 Å². The predicted molar refractivity (Wildman–Crippen MR) is 62.3 cm³/mol. The first kappa shape index (κ1) is 11.2. The number of guanidine groups is 1. The highest BCUT2D eigenvalue weighted by molar-refractivity contribution is 9.10. The molecule has 1 aromatic carbocycles. The molecule has 6 heteroatoms. The third-order valence-corrected chi connectivity index (χ3v) is 2.19. The Kier molecular flexibility index (Phi) is 3.83. The fourth-order valence-corrected chi connectivity index (χ4v) is 1.39. The van der Waals surface area contributed by atoms with Crippen LogP contribution in [-0.4, -0.2) is 12.2 Å². The minimum atomic E-state index is -0.125. The van der Waals surface area contributed by atoms with E-state index in [9.17, 15) is 0 Å². The summed E-state index contributed by atoms with van der Waals surface area (Å²) in [6, 6.07) is 7.37. The van der Waals surface area contributed by atoms with E-state index in [1.165, 1.54) is 6.21 Å². The summed E-state index contributed by atoms with van der Waals surface area (Å²) in [7, 11) is 0. The van der Waals surface area contributed by atoms with Crippen LogP contribution in [0.4, 0.5) is 0 Å². The van der Waals surface area contributed by atoms with Crippen LogP contribution in [-0.2, 0) is 0 Å². The first-order valence-corrected chi connectivity index (χ1v) is 4.75. The van der Waals surface area contributed by atoms with E-state index in [0.29, 0.717) is 15.6 Å². The molecule has 0 aromatic heterocycles. The van der Waals surface area contributed by atoms with Gasteiger partial charge >= 0.3 is 0 Å². The molecule has 0 aliphatic rings. The highest BCUT2D eigenvalue weighted by Crippen LogP contribution is 2.18. The van der Waals surface area contributed by atoms with Crippen molar-refractivity contribution in [1.82, 2.24) is 0 Å². The lowest BCUT2D eigenvalue weighted by molar-refractivity contribution is 1.21. The van der Waals surface area contributed by atoms with Crippen LogP contribution >= 0.6 is 15.9 Å². The number of nitrogens with zero attached hydrogens (tertiary/aromatic N) is 3. The van der Waals surface area contributed by atoms with Crippen LogP contribution in [0.2, 0.25) is 0 Å². The summed E-state index contributed by atoms with van der Waals surface area (Å²) < 4.78 is 0.707. The largest absolute Gasteiger partial charge is 0.369 e. The number of hydrogen-bond acceptors (Lipinski definition) is 3. The standard InChI is InChI=1S/C9H8BrN5/c10-8-3-1-2-6(7(8)4-11)5-14-15-9(12)13/h1-3,5H,(H4,12,13,15). The first-order valence-electron chi connectivity index (χ1n) is 3.95. The van der Waals surface area contributed by atoms with Crippen molar-refractivity contribution in [2.24, 2.45) is 21.7 Å². The summed E-state index contributed by atoms with van der Waals surface area (Å²) in [5, 5.41) is 16.0. The van der Waals surface area contributed by atoms with Crippen molar-refractivity contribution in [2.45, 2.75) is 0 Å². The summed E-state index contributed by atoms with van der Waals surface area (Å²) in [6.07, 6.45) is 1.42. The molecule has 5 nitrogen and oxygen atoms in total. The van der Waals surface area contributed by atoms with Crippen molar-refractivity contribution in [2.75, 3.05) is 0 Å². The maximum atomic E-state index is 8.88. The fourth-order valence-electron chi connectivity index (χ4n) is 0.924. The summed E-state index contributed by atoms with van der Waals surface area (Å²) in [5.74, 6) is -0.125. The minimum Gasteiger partial charge on any atom is -0.369 e. The van der Waals surface area contributed by atoms with Crippen molar-refractivity contribution < 1.29 is 0 Å². The lowest BCUT2D eigenvalue weighted by Gasteiger charge is -1.97. The second-order valence-corrected chi connectivity index (χ2v) is 3.44. The number of benzene rings is 1. The summed E-state index contributed by atoms with van der Waals surface area (Å²) in [4.78, 5) is 0. The van der Waals surface area contributed by atoms with Gasteiger partial charge in [-0.15, -0.1) is 5.10 Å². The molecular weight excluding hydrogens is 258 g/mol. The Morgan fingerprint density at radius 3 is 2.80 bits per heavy atom. The third kappa shape index (κ3) is 3.07. The molecule has 1 rings (SSSR count). The minimum absolute atomic E-state index is 0.125. The normalized spacial score (nSPS) is 9.87. The molecule has 15 heavy (non-hydrogen) atoms. The van der Waals surface area contributed by atoms with Crippen LogP contribution in [0.5, 0.6) is 0 Å². The van der Waals surface area contributed by atoms with E-state index in [-0.39, 0.29) is 5.96 Å². The molecule has 0 radical (unpaired) electrons. The highest BCUT2D eigenvalue weighted by atomic mass is 79.9. The smallest absolute Gasteiger partial charge is 0.211 e. The molecule has 76 valence electrons. The Balaban J connectivity index is 3.06. The Morgan fingerprint density at radius 2 is 2.20 bits per heavy atom. The van der Waals surface area contributed by atoms with Crippen LogP contribution in [0.25, 0.3) is 0 Å². The van der Waals surface area contributed by atoms with Crippen molar-refractivity contribution in [3.63, 3.8) is 0 Å². The first-order chi connectivity index (χ1) is 7.15. The SMILES string of the molecule is N#Cc1c(Br)cccc1C=NN=C(N)N. The van der Waals surface area contributed by atoms with E-state index in [1.807, 2.05) is 0 Å². The van der Waals surface area contributed by atoms with Gasteiger partial charge in [-0.05, 0) is 22.0 Å². The second kappa shape index (κ2) is 5.12. The number of halogens is 1. The molecule has 0 unspecified atom stereocenters. The van der Waals surface area contributed by atoms with Gasteiger partial charge in [0, 0.05) is 10.0 Å². The number of hydrogen-bond donors (Lipinski definition) is 2. The monoisotopic (exact) mass is 265 g/mol. The maximum absolute atomic E-state index is 8.88. The average Bonchev–Trinajstić information content (AvgIpc) is 2.17. The molecule has 0 aliphatic carbocycles. The Morgan fingerprint density at radius 1 is 1.47 bits per heavy atom. The number of nitriles is 1. The van der Waals surface area contributed by atoms with E-state index < -0.39 is 0 Å². The molecule has 0 saturated heterocycles. The summed E-state index contributed by atoms with van der Waals surface area (Å²) in [5.41, 5.74) is 11.3. The van der Waals surface area contributed by atoms with E-state index in [0.717, 1.165) is 0 Å². The van der Waals surface area contributed by atoms with E-state index in [2.05, 4.69) is 32.2 Å². The predicted octanol–water partition coefficient (Wildman–Crippen LogP) is 0.928. The van der Waals surface area contributed by atoms with Crippen molar-refractivity contribution in [3.05, 3.63) is 33.8 Å². The highest BCUT2D eigenvalue weighted by Gasteiger charge is 2.02. The van der Waals surface area contributed by atoms with Gasteiger partial charge in [-0.25, -0.2) is 0 Å². The van der Waals surface area contributed by atoms with Crippen molar-refractivity contribution in [3.8, 4) is 6.07 Å². The van der Waals surface area contributed by atoms with Crippen LogP contribution in [0.1, 0.15) is 11.1 Å². The topological polar surface area (TPSA) is 101 Å². The van der Waals surface area contributed by atoms with Gasteiger partial charge in [0.1, 0.15) is 6.07 Å². The number of nitrogens with two attached hydrogens (primary N) is 2. The van der Waals surface area contributed by atoms with Crippen LogP contribution in [0.3, 0.4) is 0 Å². The molecule has 0 heterocycles. The van der Waals surface area contributed by atoms with Gasteiger partial charge in [-0.2, -0.15) is 10.4 Å². The van der Waals surface area contributed by atoms with Gasteiger partial charge < -0.3 is 11.5 Å². The van der Waals surface area contributed by atoms with Gasteiger partial charge in [-0.1, -0.05) is 12.1 Å². The molecule has 0 aliphatic heterocycles. The molecule has 0 amide bonds. The Labute approximate surface area is 95.2 Å². The molecule has 0 bridgehead atoms. The quantitative estimate of drug-likeness (QED) is 0.473. The third-order valence-electron chi connectivity index (χ3n) is 1.53. The maximum Gasteiger partial charge on any atom is 0.211 e. The summed E-state index contributed by atoms with van der Waals surface area (Å²) in [6.45, 7) is 0. The van der Waals surface area contributed by atoms with Crippen LogP contribution in [0, 0.1) is 11.3 Å². The number of rotatable bonds is 2. The Hall–Kier alpha value is -1.87. The van der Waals surface area contributed by atoms with Gasteiger partial charge in [0.2, 0.25) is 5.96 Å².